The Hall–Kier alpha value is -1.80. The van der Waals surface area contributed by atoms with E-state index in [0.29, 0.717) is 22.9 Å². The number of aromatic hydroxyl groups is 1. The lowest BCUT2D eigenvalue weighted by molar-refractivity contribution is -0.138. The molecule has 0 spiro atoms. The molecule has 0 amide bonds. The van der Waals surface area contributed by atoms with Gasteiger partial charge in [0.25, 0.3) is 0 Å². The molecule has 0 aliphatic carbocycles. The van der Waals surface area contributed by atoms with Crippen molar-refractivity contribution in [1.82, 2.24) is 9.88 Å². The SMILES string of the molecule is CNc1nc(-c2ccc(O)c(C(F)(F)F)c2)c(CN2CCCC(C)(C)C2)s1. The second-order valence-corrected chi connectivity index (χ2v) is 8.83. The van der Waals surface area contributed by atoms with Crippen molar-refractivity contribution in [2.24, 2.45) is 5.41 Å². The monoisotopic (exact) mass is 399 g/mol. The van der Waals surface area contributed by atoms with Gasteiger partial charge in [-0.05, 0) is 43.0 Å². The van der Waals surface area contributed by atoms with Gasteiger partial charge >= 0.3 is 6.18 Å². The number of thiazole rings is 1. The standard InChI is InChI=1S/C19H24F3N3OS/c1-18(2)7-4-8-25(11-18)10-15-16(24-17(23-3)27-15)12-5-6-14(26)13(9-12)19(20,21)22/h5-6,9,26H,4,7-8,10-11H2,1-3H3,(H,23,24). The van der Waals surface area contributed by atoms with Crippen molar-refractivity contribution in [2.75, 3.05) is 25.5 Å². The van der Waals surface area contributed by atoms with Crippen LogP contribution in [0.1, 0.15) is 37.1 Å². The summed E-state index contributed by atoms with van der Waals surface area (Å²) in [4.78, 5) is 7.75. The van der Waals surface area contributed by atoms with Crippen LogP contribution in [0.3, 0.4) is 0 Å². The quantitative estimate of drug-likeness (QED) is 0.742. The van der Waals surface area contributed by atoms with E-state index in [1.54, 1.807) is 7.05 Å². The second-order valence-electron chi connectivity index (χ2n) is 7.75. The molecule has 3 rings (SSSR count). The van der Waals surface area contributed by atoms with Crippen LogP contribution in [0.4, 0.5) is 18.3 Å². The summed E-state index contributed by atoms with van der Waals surface area (Å²) >= 11 is 1.46. The number of hydrogen-bond acceptors (Lipinski definition) is 5. The Morgan fingerprint density at radius 1 is 1.33 bits per heavy atom. The lowest BCUT2D eigenvalue weighted by Crippen LogP contribution is -2.39. The molecule has 2 aromatic rings. The third kappa shape index (κ3) is 4.55. The van der Waals surface area contributed by atoms with Gasteiger partial charge in [0, 0.05) is 30.6 Å². The summed E-state index contributed by atoms with van der Waals surface area (Å²) < 4.78 is 39.5. The van der Waals surface area contributed by atoms with Gasteiger partial charge in [0.15, 0.2) is 5.13 Å². The van der Waals surface area contributed by atoms with E-state index in [1.807, 2.05) is 0 Å². The zero-order valence-corrected chi connectivity index (χ0v) is 16.5. The number of benzene rings is 1. The molecular formula is C19H24F3N3OS. The Bertz CT molecular complexity index is 817. The summed E-state index contributed by atoms with van der Waals surface area (Å²) in [7, 11) is 1.74. The lowest BCUT2D eigenvalue weighted by Gasteiger charge is -2.37. The molecule has 0 atom stereocenters. The fourth-order valence-electron chi connectivity index (χ4n) is 3.58. The highest BCUT2D eigenvalue weighted by atomic mass is 32.1. The number of likely N-dealkylation sites (tertiary alicyclic amines) is 1. The first-order chi connectivity index (χ1) is 12.6. The Labute approximate surface area is 161 Å². The van der Waals surface area contributed by atoms with Crippen molar-refractivity contribution in [3.8, 4) is 17.0 Å². The first kappa shape index (κ1) is 19.9. The number of hydrogen-bond donors (Lipinski definition) is 2. The van der Waals surface area contributed by atoms with Crippen LogP contribution in [0.5, 0.6) is 5.75 Å². The molecule has 2 heterocycles. The summed E-state index contributed by atoms with van der Waals surface area (Å²) in [6.45, 7) is 7.05. The van der Waals surface area contributed by atoms with Gasteiger partial charge in [-0.2, -0.15) is 13.2 Å². The van der Waals surface area contributed by atoms with Gasteiger partial charge in [0.1, 0.15) is 5.75 Å². The number of piperidine rings is 1. The number of aromatic nitrogens is 1. The molecule has 0 saturated carbocycles. The maximum atomic E-state index is 13.2. The summed E-state index contributed by atoms with van der Waals surface area (Å²) in [6, 6.07) is 3.56. The second kappa shape index (κ2) is 7.31. The molecule has 2 N–H and O–H groups in total. The molecule has 8 heteroatoms. The number of phenols is 1. The number of rotatable bonds is 4. The van der Waals surface area contributed by atoms with E-state index in [2.05, 4.69) is 29.0 Å². The Kier molecular flexibility index (Phi) is 5.40. The van der Waals surface area contributed by atoms with Crippen molar-refractivity contribution < 1.29 is 18.3 Å². The molecule has 0 radical (unpaired) electrons. The minimum atomic E-state index is -4.61. The largest absolute Gasteiger partial charge is 0.507 e. The highest BCUT2D eigenvalue weighted by molar-refractivity contribution is 7.16. The molecule has 1 aromatic carbocycles. The molecule has 4 nitrogen and oxygen atoms in total. The van der Waals surface area contributed by atoms with Crippen molar-refractivity contribution in [2.45, 2.75) is 39.4 Å². The highest BCUT2D eigenvalue weighted by Crippen LogP contribution is 2.40. The smallest absolute Gasteiger partial charge is 0.419 e. The van der Waals surface area contributed by atoms with Gasteiger partial charge in [0.2, 0.25) is 0 Å². The van der Waals surface area contributed by atoms with Crippen LogP contribution in [0.25, 0.3) is 11.3 Å². The van der Waals surface area contributed by atoms with E-state index >= 15 is 0 Å². The van der Waals surface area contributed by atoms with Crippen LogP contribution in [-0.4, -0.2) is 35.1 Å². The fourth-order valence-corrected chi connectivity index (χ4v) is 4.56. The van der Waals surface area contributed by atoms with E-state index in [4.69, 9.17) is 0 Å². The average Bonchev–Trinajstić information content (AvgIpc) is 2.96. The topological polar surface area (TPSA) is 48.4 Å². The lowest BCUT2D eigenvalue weighted by atomic mass is 9.84. The van der Waals surface area contributed by atoms with Gasteiger partial charge in [-0.25, -0.2) is 4.98 Å². The summed E-state index contributed by atoms with van der Waals surface area (Å²) in [6.07, 6.45) is -2.33. The first-order valence-electron chi connectivity index (χ1n) is 8.89. The zero-order valence-electron chi connectivity index (χ0n) is 15.7. The van der Waals surface area contributed by atoms with Crippen LogP contribution in [0, 0.1) is 5.41 Å². The van der Waals surface area contributed by atoms with Crippen molar-refractivity contribution in [3.05, 3.63) is 28.6 Å². The van der Waals surface area contributed by atoms with E-state index in [1.165, 1.54) is 23.8 Å². The highest BCUT2D eigenvalue weighted by Gasteiger charge is 2.34. The molecule has 0 bridgehead atoms. The molecule has 148 valence electrons. The minimum Gasteiger partial charge on any atom is -0.507 e. The normalized spacial score (nSPS) is 17.9. The van der Waals surface area contributed by atoms with Crippen LogP contribution in [0.15, 0.2) is 18.2 Å². The van der Waals surface area contributed by atoms with Gasteiger partial charge in [-0.3, -0.25) is 4.90 Å². The fraction of sp³-hybridized carbons (Fsp3) is 0.526. The predicted octanol–water partition coefficient (Wildman–Crippen LogP) is 5.20. The molecule has 1 saturated heterocycles. The van der Waals surface area contributed by atoms with Crippen molar-refractivity contribution >= 4 is 16.5 Å². The number of alkyl halides is 3. The summed E-state index contributed by atoms with van der Waals surface area (Å²) in [5, 5.41) is 13.2. The summed E-state index contributed by atoms with van der Waals surface area (Å²) in [5.41, 5.74) is 0.100. The molecule has 27 heavy (non-hydrogen) atoms. The maximum Gasteiger partial charge on any atom is 0.419 e. The molecule has 0 unspecified atom stereocenters. The van der Waals surface area contributed by atoms with Crippen LogP contribution in [-0.2, 0) is 12.7 Å². The van der Waals surface area contributed by atoms with Crippen molar-refractivity contribution in [3.63, 3.8) is 0 Å². The van der Waals surface area contributed by atoms with Gasteiger partial charge in [-0.15, -0.1) is 11.3 Å². The predicted molar refractivity (Wildman–Crippen MR) is 102 cm³/mol. The Morgan fingerprint density at radius 3 is 2.70 bits per heavy atom. The van der Waals surface area contributed by atoms with Crippen molar-refractivity contribution in [1.29, 1.82) is 0 Å². The Morgan fingerprint density at radius 2 is 2.07 bits per heavy atom. The van der Waals surface area contributed by atoms with E-state index < -0.39 is 17.5 Å². The number of anilines is 1. The van der Waals surface area contributed by atoms with E-state index in [9.17, 15) is 18.3 Å². The number of halogens is 3. The number of phenolic OH excluding ortho intramolecular Hbond substituents is 1. The van der Waals surface area contributed by atoms with E-state index in [-0.39, 0.29) is 5.41 Å². The van der Waals surface area contributed by atoms with Gasteiger partial charge in [0.05, 0.1) is 11.3 Å². The minimum absolute atomic E-state index is 0.233. The molecule has 1 aliphatic rings. The Balaban J connectivity index is 1.96. The van der Waals surface area contributed by atoms with Crippen LogP contribution in [0.2, 0.25) is 0 Å². The van der Waals surface area contributed by atoms with Gasteiger partial charge in [-0.1, -0.05) is 13.8 Å². The van der Waals surface area contributed by atoms with Crippen LogP contribution >= 0.6 is 11.3 Å². The molecule has 1 aliphatic heterocycles. The zero-order chi connectivity index (χ0) is 19.8. The third-order valence-corrected chi connectivity index (χ3v) is 5.89. The molecule has 1 aromatic heterocycles. The van der Waals surface area contributed by atoms with Gasteiger partial charge < -0.3 is 10.4 Å². The van der Waals surface area contributed by atoms with Crippen LogP contribution < -0.4 is 5.32 Å². The summed E-state index contributed by atoms with van der Waals surface area (Å²) in [5.74, 6) is -0.769. The first-order valence-corrected chi connectivity index (χ1v) is 9.71. The average molecular weight is 399 g/mol. The number of nitrogens with one attached hydrogen (secondary N) is 1. The van der Waals surface area contributed by atoms with E-state index in [0.717, 1.165) is 36.5 Å². The molecular weight excluding hydrogens is 375 g/mol. The maximum absolute atomic E-state index is 13.2. The number of nitrogens with zero attached hydrogens (tertiary/aromatic N) is 2. The molecule has 1 fully saturated rings. The third-order valence-electron chi connectivity index (χ3n) is 4.83.